The molecule has 0 atom stereocenters. The van der Waals surface area contributed by atoms with E-state index >= 15 is 0 Å². The predicted octanol–water partition coefficient (Wildman–Crippen LogP) is 23.2. The molecule has 0 aliphatic heterocycles. The lowest BCUT2D eigenvalue weighted by Gasteiger charge is -2.26. The van der Waals surface area contributed by atoms with E-state index in [1.807, 2.05) is 39.8 Å². The Hall–Kier alpha value is -10.4. The average molecular weight is 1060 g/mol. The van der Waals surface area contributed by atoms with E-state index in [4.69, 9.17) is 0 Å². The Morgan fingerprint density at radius 2 is 0.268 bits per heavy atom. The van der Waals surface area contributed by atoms with E-state index in [9.17, 15) is 0 Å². The summed E-state index contributed by atoms with van der Waals surface area (Å²) in [7, 11) is 0. The number of hydrogen-bond acceptors (Lipinski definition) is 4. The van der Waals surface area contributed by atoms with Gasteiger partial charge in [0.15, 0.2) is 0 Å². The Bertz CT molecular complexity index is 3480. The first-order valence-electron chi connectivity index (χ1n) is 28.3. The van der Waals surface area contributed by atoms with Gasteiger partial charge >= 0.3 is 0 Å². The highest BCUT2D eigenvalue weighted by atomic mass is 15.2. The van der Waals surface area contributed by atoms with Gasteiger partial charge in [-0.2, -0.15) is 0 Å². The normalized spacial score (nSPS) is 10.6. The quantitative estimate of drug-likeness (QED) is 0.0949. The fourth-order valence-electron chi connectivity index (χ4n) is 10.1. The maximum Gasteiger partial charge on any atom is 0.0462 e. The molecule has 400 valence electrons. The predicted molar refractivity (Wildman–Crippen MR) is 353 cm³/mol. The van der Waals surface area contributed by atoms with E-state index in [-0.39, 0.29) is 0 Å². The highest BCUT2D eigenvalue weighted by molar-refractivity contribution is 5.84. The van der Waals surface area contributed by atoms with Crippen LogP contribution in [-0.2, 0) is 0 Å². The fraction of sp³-hybridized carbons (Fsp3) is 0.0513. The summed E-state index contributed by atoms with van der Waals surface area (Å²) in [4.78, 5) is 9.22. The third-order valence-electron chi connectivity index (χ3n) is 14.2. The zero-order chi connectivity index (χ0) is 56.3. The number of allylic oxidation sites excluding steroid dienone is 2. The zero-order valence-electron chi connectivity index (χ0n) is 47.1. The Kier molecular flexibility index (Phi) is 18.4. The van der Waals surface area contributed by atoms with Crippen LogP contribution < -0.4 is 19.6 Å². The molecule has 12 aromatic rings. The van der Waals surface area contributed by atoms with Crippen molar-refractivity contribution in [3.05, 3.63) is 340 Å². The molecule has 0 fully saturated rings. The van der Waals surface area contributed by atoms with Gasteiger partial charge in [-0.15, -0.1) is 0 Å². The molecule has 0 saturated carbocycles. The van der Waals surface area contributed by atoms with Crippen molar-refractivity contribution in [2.24, 2.45) is 0 Å². The van der Waals surface area contributed by atoms with Crippen molar-refractivity contribution in [3.8, 4) is 33.4 Å². The Morgan fingerprint density at radius 1 is 0.159 bits per heavy atom. The van der Waals surface area contributed by atoms with Crippen LogP contribution >= 0.6 is 0 Å². The molecule has 0 radical (unpaired) electrons. The highest BCUT2D eigenvalue weighted by Gasteiger charge is 2.18. The SMILES string of the molecule is C/C=C\C.CC.c1ccc(N(c2ccccc2)c2ccc(-c3ccc(N(c4ccccc4)c4ccc(-c5ccc(N(c6ccccc6)c6ccc(-c7ccc(N(c8ccccc8)c8ccccc8)cc7)cc6)cc5)cc4)cc3)cc2)cc1. The van der Waals surface area contributed by atoms with Crippen LogP contribution in [0, 0.1) is 0 Å². The fourth-order valence-corrected chi connectivity index (χ4v) is 10.1. The molecule has 0 spiro atoms. The van der Waals surface area contributed by atoms with Crippen molar-refractivity contribution in [1.29, 1.82) is 0 Å². The minimum Gasteiger partial charge on any atom is -0.311 e. The van der Waals surface area contributed by atoms with Crippen molar-refractivity contribution < 1.29 is 0 Å². The van der Waals surface area contributed by atoms with Crippen LogP contribution in [-0.4, -0.2) is 0 Å². The summed E-state index contributed by atoms with van der Waals surface area (Å²) >= 11 is 0. The topological polar surface area (TPSA) is 13.0 Å². The van der Waals surface area contributed by atoms with Gasteiger partial charge < -0.3 is 19.6 Å². The second-order valence-corrected chi connectivity index (χ2v) is 19.3. The minimum atomic E-state index is 1.08. The van der Waals surface area contributed by atoms with Crippen LogP contribution in [0.2, 0.25) is 0 Å². The molecule has 82 heavy (non-hydrogen) atoms. The lowest BCUT2D eigenvalue weighted by atomic mass is 10.0. The second kappa shape index (κ2) is 27.4. The molecule has 0 aliphatic carbocycles. The first-order valence-corrected chi connectivity index (χ1v) is 28.3. The van der Waals surface area contributed by atoms with Crippen molar-refractivity contribution in [2.75, 3.05) is 19.6 Å². The molecular weight excluding hydrogens is 993 g/mol. The van der Waals surface area contributed by atoms with Crippen LogP contribution in [0.15, 0.2) is 340 Å². The molecule has 12 rings (SSSR count). The first kappa shape index (κ1) is 54.9. The summed E-state index contributed by atoms with van der Waals surface area (Å²) in [5, 5.41) is 0. The van der Waals surface area contributed by atoms with E-state index in [1.165, 1.54) is 0 Å². The Balaban J connectivity index is 0.00000120. The third-order valence-corrected chi connectivity index (χ3v) is 14.2. The van der Waals surface area contributed by atoms with Gasteiger partial charge in [0.05, 0.1) is 0 Å². The van der Waals surface area contributed by atoms with E-state index in [1.54, 1.807) is 0 Å². The lowest BCUT2D eigenvalue weighted by Crippen LogP contribution is -2.10. The number of anilines is 12. The summed E-state index contributed by atoms with van der Waals surface area (Å²) < 4.78 is 0. The number of benzene rings is 12. The number of para-hydroxylation sites is 6. The molecule has 4 heteroatoms. The number of hydrogen-bond donors (Lipinski definition) is 0. The van der Waals surface area contributed by atoms with Crippen molar-refractivity contribution in [1.82, 2.24) is 0 Å². The van der Waals surface area contributed by atoms with Crippen molar-refractivity contribution in [3.63, 3.8) is 0 Å². The monoisotopic (exact) mass is 1060 g/mol. The highest BCUT2D eigenvalue weighted by Crippen LogP contribution is 2.41. The van der Waals surface area contributed by atoms with Crippen LogP contribution in [0.25, 0.3) is 33.4 Å². The second-order valence-electron chi connectivity index (χ2n) is 19.3. The molecule has 0 aromatic heterocycles. The summed E-state index contributed by atoms with van der Waals surface area (Å²) in [6.45, 7) is 8.00. The van der Waals surface area contributed by atoms with Gasteiger partial charge in [0.25, 0.3) is 0 Å². The summed E-state index contributed by atoms with van der Waals surface area (Å²) in [5.74, 6) is 0. The van der Waals surface area contributed by atoms with E-state index < -0.39 is 0 Å². The smallest absolute Gasteiger partial charge is 0.0462 e. The van der Waals surface area contributed by atoms with Gasteiger partial charge in [-0.1, -0.05) is 208 Å². The molecule has 0 N–H and O–H groups in total. The number of rotatable bonds is 15. The number of nitrogens with zero attached hydrogens (tertiary/aromatic N) is 4. The molecule has 0 bridgehead atoms. The van der Waals surface area contributed by atoms with Gasteiger partial charge in [0.1, 0.15) is 0 Å². The van der Waals surface area contributed by atoms with E-state index in [0.717, 1.165) is 102 Å². The molecule has 0 amide bonds. The molecule has 0 aliphatic rings. The Labute approximate surface area is 486 Å². The molecular formula is C78H68N4. The molecule has 0 unspecified atom stereocenters. The average Bonchev–Trinajstić information content (AvgIpc) is 3.69. The van der Waals surface area contributed by atoms with Crippen LogP contribution in [0.3, 0.4) is 0 Å². The van der Waals surface area contributed by atoms with Gasteiger partial charge in [-0.05, 0) is 193 Å². The van der Waals surface area contributed by atoms with Crippen LogP contribution in [0.4, 0.5) is 68.2 Å². The lowest BCUT2D eigenvalue weighted by molar-refractivity contribution is 1.28. The van der Waals surface area contributed by atoms with Crippen LogP contribution in [0.5, 0.6) is 0 Å². The van der Waals surface area contributed by atoms with Gasteiger partial charge in [0, 0.05) is 68.2 Å². The van der Waals surface area contributed by atoms with Crippen LogP contribution in [0.1, 0.15) is 27.7 Å². The summed E-state index contributed by atoms with van der Waals surface area (Å²) in [6, 6.07) is 117. The molecule has 0 saturated heterocycles. The van der Waals surface area contributed by atoms with Gasteiger partial charge in [-0.25, -0.2) is 0 Å². The first-order chi connectivity index (χ1) is 40.6. The van der Waals surface area contributed by atoms with Gasteiger partial charge in [0.2, 0.25) is 0 Å². The Morgan fingerprint density at radius 3 is 0.378 bits per heavy atom. The van der Waals surface area contributed by atoms with Gasteiger partial charge in [-0.3, -0.25) is 0 Å². The molecule has 4 nitrogen and oxygen atoms in total. The zero-order valence-corrected chi connectivity index (χ0v) is 47.1. The third kappa shape index (κ3) is 13.0. The summed E-state index contributed by atoms with van der Waals surface area (Å²) in [5.41, 5.74) is 20.2. The van der Waals surface area contributed by atoms with E-state index in [0.29, 0.717) is 0 Å². The summed E-state index contributed by atoms with van der Waals surface area (Å²) in [6.07, 6.45) is 4.00. The maximum atomic E-state index is 2.32. The van der Waals surface area contributed by atoms with Crippen molar-refractivity contribution in [2.45, 2.75) is 27.7 Å². The standard InChI is InChI=1S/C72H54N4.C4H8.C2H6/c1-7-19-61(20-8-1)73(62-21-9-2-10-22-62)67-43-31-55(32-44-67)57-35-47-69(48-36-57)75(65-27-15-5-16-28-65)71-51-39-59(40-52-71)60-41-53-72(54-42-60)76(66-29-17-6-18-30-66)70-49-37-58(38-50-70)56-33-45-68(46-34-56)74(63-23-11-3-12-24-63)64-25-13-4-14-26-64;1-3-4-2;1-2/h1-54H;3-4H,1-2H3;1-2H3/b;4-3-;. The minimum absolute atomic E-state index is 1.08. The van der Waals surface area contributed by atoms with Crippen molar-refractivity contribution >= 4 is 68.2 Å². The maximum absolute atomic E-state index is 2.32. The molecule has 12 aromatic carbocycles. The molecule has 0 heterocycles. The van der Waals surface area contributed by atoms with E-state index in [2.05, 4.69) is 347 Å². The largest absolute Gasteiger partial charge is 0.311 e.